The third-order valence-corrected chi connectivity index (χ3v) is 7.03. The first-order chi connectivity index (χ1) is 17.3. The number of nitrogens with zero attached hydrogens (tertiary/aromatic N) is 3. The SMILES string of the molecule is CC(C)c1ccc(NC(=O)C[C@H]2C(=O)NCCN2C(=O)CN2CCN(c3cccc(Cl)c3)CC2)cc1. The number of nitrogens with one attached hydrogen (secondary N) is 2. The quantitative estimate of drug-likeness (QED) is 0.597. The number of amides is 3. The normalized spacial score (nSPS) is 18.8. The molecule has 0 spiro atoms. The molecule has 0 saturated carbocycles. The molecule has 2 N–H and O–H groups in total. The lowest BCUT2D eigenvalue weighted by molar-refractivity contribution is -0.145. The molecule has 0 unspecified atom stereocenters. The number of hydrogen-bond donors (Lipinski definition) is 2. The Kier molecular flexibility index (Phi) is 8.48. The van der Waals surface area contributed by atoms with Crippen molar-refractivity contribution in [1.29, 1.82) is 0 Å². The molecular weight excluding hydrogens is 478 g/mol. The Labute approximate surface area is 217 Å². The second kappa shape index (κ2) is 11.8. The number of rotatable bonds is 7. The third kappa shape index (κ3) is 6.56. The van der Waals surface area contributed by atoms with Gasteiger partial charge in [-0.15, -0.1) is 0 Å². The molecule has 36 heavy (non-hydrogen) atoms. The van der Waals surface area contributed by atoms with Crippen molar-refractivity contribution in [2.45, 2.75) is 32.2 Å². The van der Waals surface area contributed by atoms with Crippen LogP contribution < -0.4 is 15.5 Å². The van der Waals surface area contributed by atoms with E-state index in [1.165, 1.54) is 5.56 Å². The van der Waals surface area contributed by atoms with Crippen molar-refractivity contribution in [2.75, 3.05) is 56.0 Å². The molecule has 3 amide bonds. The molecule has 2 aliphatic heterocycles. The summed E-state index contributed by atoms with van der Waals surface area (Å²) in [4.78, 5) is 44.5. The monoisotopic (exact) mass is 511 g/mol. The molecule has 192 valence electrons. The van der Waals surface area contributed by atoms with E-state index >= 15 is 0 Å². The van der Waals surface area contributed by atoms with Gasteiger partial charge < -0.3 is 20.4 Å². The van der Waals surface area contributed by atoms with Gasteiger partial charge in [0, 0.05) is 55.7 Å². The molecule has 2 aromatic rings. The van der Waals surface area contributed by atoms with Gasteiger partial charge in [0.05, 0.1) is 13.0 Å². The Morgan fingerprint density at radius 3 is 2.44 bits per heavy atom. The summed E-state index contributed by atoms with van der Waals surface area (Å²) in [5.41, 5.74) is 2.94. The molecule has 0 aromatic heterocycles. The average molecular weight is 512 g/mol. The van der Waals surface area contributed by atoms with Gasteiger partial charge in [0.25, 0.3) is 0 Å². The van der Waals surface area contributed by atoms with E-state index in [1.807, 2.05) is 48.5 Å². The van der Waals surface area contributed by atoms with Crippen molar-refractivity contribution in [1.82, 2.24) is 15.1 Å². The first kappa shape index (κ1) is 26.0. The van der Waals surface area contributed by atoms with E-state index < -0.39 is 6.04 Å². The van der Waals surface area contributed by atoms with E-state index in [4.69, 9.17) is 11.6 Å². The van der Waals surface area contributed by atoms with Crippen LogP contribution in [0.5, 0.6) is 0 Å². The highest BCUT2D eigenvalue weighted by Gasteiger charge is 2.35. The molecule has 9 heteroatoms. The predicted molar refractivity (Wildman–Crippen MR) is 142 cm³/mol. The van der Waals surface area contributed by atoms with Crippen molar-refractivity contribution in [3.8, 4) is 0 Å². The fourth-order valence-electron chi connectivity index (χ4n) is 4.67. The van der Waals surface area contributed by atoms with E-state index in [1.54, 1.807) is 4.90 Å². The van der Waals surface area contributed by atoms with Gasteiger partial charge in [-0.3, -0.25) is 19.3 Å². The van der Waals surface area contributed by atoms with Gasteiger partial charge >= 0.3 is 0 Å². The number of carbonyl (C=O) groups excluding carboxylic acids is 3. The van der Waals surface area contributed by atoms with Gasteiger partial charge in [0.2, 0.25) is 17.7 Å². The topological polar surface area (TPSA) is 85.0 Å². The third-order valence-electron chi connectivity index (χ3n) is 6.80. The molecule has 0 bridgehead atoms. The molecule has 8 nitrogen and oxygen atoms in total. The fraction of sp³-hybridized carbons (Fsp3) is 0.444. The molecule has 0 radical (unpaired) electrons. The predicted octanol–water partition coefficient (Wildman–Crippen LogP) is 2.94. The first-order valence-corrected chi connectivity index (χ1v) is 12.9. The summed E-state index contributed by atoms with van der Waals surface area (Å²) in [5, 5.41) is 6.36. The van der Waals surface area contributed by atoms with Crippen LogP contribution in [0.2, 0.25) is 5.02 Å². The van der Waals surface area contributed by atoms with E-state index in [-0.39, 0.29) is 30.7 Å². The summed E-state index contributed by atoms with van der Waals surface area (Å²) in [6, 6.07) is 14.6. The summed E-state index contributed by atoms with van der Waals surface area (Å²) < 4.78 is 0. The van der Waals surface area contributed by atoms with Crippen molar-refractivity contribution in [2.24, 2.45) is 0 Å². The number of halogens is 1. The van der Waals surface area contributed by atoms with Crippen LogP contribution >= 0.6 is 11.6 Å². The van der Waals surface area contributed by atoms with Gasteiger partial charge in [-0.05, 0) is 41.8 Å². The Hall–Kier alpha value is -3.10. The number of anilines is 2. The maximum absolute atomic E-state index is 13.2. The molecule has 4 rings (SSSR count). The molecule has 2 fully saturated rings. The minimum absolute atomic E-state index is 0.0773. The molecule has 1 atom stereocenters. The van der Waals surface area contributed by atoms with Crippen LogP contribution in [0.1, 0.15) is 31.7 Å². The molecule has 2 heterocycles. The van der Waals surface area contributed by atoms with Crippen LogP contribution in [-0.2, 0) is 14.4 Å². The summed E-state index contributed by atoms with van der Waals surface area (Å²) in [5.74, 6) is -0.298. The lowest BCUT2D eigenvalue weighted by Gasteiger charge is -2.39. The fourth-order valence-corrected chi connectivity index (χ4v) is 4.86. The summed E-state index contributed by atoms with van der Waals surface area (Å²) >= 11 is 6.12. The van der Waals surface area contributed by atoms with Crippen molar-refractivity contribution < 1.29 is 14.4 Å². The Balaban J connectivity index is 1.31. The van der Waals surface area contributed by atoms with Gasteiger partial charge in [0.1, 0.15) is 6.04 Å². The minimum atomic E-state index is -0.811. The Morgan fingerprint density at radius 1 is 1.06 bits per heavy atom. The van der Waals surface area contributed by atoms with E-state index in [2.05, 4.69) is 34.3 Å². The summed E-state index contributed by atoms with van der Waals surface area (Å²) in [6.07, 6.45) is -0.0773. The van der Waals surface area contributed by atoms with Crippen LogP contribution in [0.3, 0.4) is 0 Å². The van der Waals surface area contributed by atoms with Crippen LogP contribution in [-0.4, -0.2) is 79.4 Å². The van der Waals surface area contributed by atoms with Crippen LogP contribution in [0, 0.1) is 0 Å². The second-order valence-corrected chi connectivity index (χ2v) is 10.1. The van der Waals surface area contributed by atoms with Crippen LogP contribution in [0.15, 0.2) is 48.5 Å². The van der Waals surface area contributed by atoms with Crippen LogP contribution in [0.25, 0.3) is 0 Å². The lowest BCUT2D eigenvalue weighted by Crippen LogP contribution is -2.60. The maximum atomic E-state index is 13.2. The van der Waals surface area contributed by atoms with Crippen molar-refractivity contribution >= 4 is 40.7 Å². The zero-order chi connectivity index (χ0) is 25.7. The lowest BCUT2D eigenvalue weighted by atomic mass is 10.0. The van der Waals surface area contributed by atoms with Gasteiger partial charge in [0.15, 0.2) is 0 Å². The Morgan fingerprint density at radius 2 is 1.78 bits per heavy atom. The van der Waals surface area contributed by atoms with Crippen LogP contribution in [0.4, 0.5) is 11.4 Å². The highest BCUT2D eigenvalue weighted by atomic mass is 35.5. The number of piperazine rings is 2. The zero-order valence-electron chi connectivity index (χ0n) is 20.9. The van der Waals surface area contributed by atoms with Crippen molar-refractivity contribution in [3.05, 3.63) is 59.1 Å². The van der Waals surface area contributed by atoms with E-state index in [9.17, 15) is 14.4 Å². The largest absolute Gasteiger partial charge is 0.369 e. The Bertz CT molecular complexity index is 1080. The highest BCUT2D eigenvalue weighted by Crippen LogP contribution is 2.21. The minimum Gasteiger partial charge on any atom is -0.369 e. The average Bonchev–Trinajstić information content (AvgIpc) is 2.86. The molecule has 2 aromatic carbocycles. The molecule has 2 aliphatic rings. The number of benzene rings is 2. The second-order valence-electron chi connectivity index (χ2n) is 9.67. The zero-order valence-corrected chi connectivity index (χ0v) is 21.6. The van der Waals surface area contributed by atoms with Crippen molar-refractivity contribution in [3.63, 3.8) is 0 Å². The molecule has 0 aliphatic carbocycles. The van der Waals surface area contributed by atoms with Gasteiger partial charge in [-0.25, -0.2) is 0 Å². The first-order valence-electron chi connectivity index (χ1n) is 12.5. The summed E-state index contributed by atoms with van der Waals surface area (Å²) in [7, 11) is 0. The highest BCUT2D eigenvalue weighted by molar-refractivity contribution is 6.30. The molecular formula is C27H34ClN5O3. The van der Waals surface area contributed by atoms with E-state index in [0.29, 0.717) is 29.7 Å². The standard InChI is InChI=1S/C27H34ClN5O3/c1-19(2)20-6-8-22(9-7-20)30-25(34)17-24-27(36)29-10-11-33(24)26(35)18-31-12-14-32(15-13-31)23-5-3-4-21(28)16-23/h3-9,16,19,24H,10-15,17-18H2,1-2H3,(H,29,36)(H,30,34)/t24-/m0/s1. The summed E-state index contributed by atoms with van der Waals surface area (Å²) in [6.45, 7) is 8.28. The van der Waals surface area contributed by atoms with Gasteiger partial charge in [-0.1, -0.05) is 43.6 Å². The number of hydrogen-bond acceptors (Lipinski definition) is 5. The van der Waals surface area contributed by atoms with Gasteiger partial charge in [-0.2, -0.15) is 0 Å². The van der Waals surface area contributed by atoms with E-state index in [0.717, 1.165) is 31.9 Å². The smallest absolute Gasteiger partial charge is 0.243 e. The molecule has 2 saturated heterocycles. The number of carbonyl (C=O) groups is 3. The maximum Gasteiger partial charge on any atom is 0.243 e.